The highest BCUT2D eigenvalue weighted by atomic mass is 79.9. The van der Waals surface area contributed by atoms with Crippen molar-refractivity contribution in [1.82, 2.24) is 3.97 Å². The van der Waals surface area contributed by atoms with Gasteiger partial charge >= 0.3 is 0 Å². The zero-order valence-electron chi connectivity index (χ0n) is 11.0. The third-order valence-corrected chi connectivity index (χ3v) is 5.82. The fraction of sp³-hybridized carbons (Fsp3) is 0.0667. The average molecular weight is 385 g/mol. The molecule has 0 aliphatic carbocycles. The van der Waals surface area contributed by atoms with Crippen LogP contribution < -0.4 is 0 Å². The largest absolute Gasteiger partial charge is 0.268 e. The van der Waals surface area contributed by atoms with Gasteiger partial charge in [-0.1, -0.05) is 27.5 Å². The molecule has 0 fully saturated rings. The summed E-state index contributed by atoms with van der Waals surface area (Å²) in [6.45, 7) is 1.78. The summed E-state index contributed by atoms with van der Waals surface area (Å²) in [5.74, 6) is 0. The lowest BCUT2D eigenvalue weighted by atomic mass is 10.2. The van der Waals surface area contributed by atoms with Gasteiger partial charge < -0.3 is 0 Å². The van der Waals surface area contributed by atoms with Crippen LogP contribution in [0.3, 0.4) is 0 Å². The fourth-order valence-electron chi connectivity index (χ4n) is 2.33. The van der Waals surface area contributed by atoms with Crippen LogP contribution in [0.15, 0.2) is 57.9 Å². The van der Waals surface area contributed by atoms with Gasteiger partial charge in [-0.15, -0.1) is 0 Å². The highest BCUT2D eigenvalue weighted by Crippen LogP contribution is 2.28. The Morgan fingerprint density at radius 1 is 1.05 bits per heavy atom. The molecule has 21 heavy (non-hydrogen) atoms. The molecule has 0 bridgehead atoms. The van der Waals surface area contributed by atoms with Gasteiger partial charge in [0.1, 0.15) is 0 Å². The molecule has 1 heterocycles. The van der Waals surface area contributed by atoms with Gasteiger partial charge in [-0.05, 0) is 55.5 Å². The van der Waals surface area contributed by atoms with Gasteiger partial charge in [-0.2, -0.15) is 0 Å². The predicted molar refractivity (Wildman–Crippen MR) is 88.4 cm³/mol. The lowest BCUT2D eigenvalue weighted by Gasteiger charge is -2.10. The van der Waals surface area contributed by atoms with Crippen LogP contribution in [0.25, 0.3) is 10.9 Å². The van der Waals surface area contributed by atoms with Crippen LogP contribution in [-0.2, 0) is 10.0 Å². The van der Waals surface area contributed by atoms with E-state index in [1.807, 2.05) is 18.2 Å². The summed E-state index contributed by atoms with van der Waals surface area (Å²) < 4.78 is 27.9. The van der Waals surface area contributed by atoms with E-state index in [-0.39, 0.29) is 4.90 Å². The van der Waals surface area contributed by atoms with Gasteiger partial charge in [0.15, 0.2) is 0 Å². The smallest absolute Gasteiger partial charge is 0.238 e. The zero-order chi connectivity index (χ0) is 15.2. The lowest BCUT2D eigenvalue weighted by molar-refractivity contribution is 0.588. The Hall–Kier alpha value is -1.30. The van der Waals surface area contributed by atoms with Crippen LogP contribution in [0.5, 0.6) is 0 Å². The van der Waals surface area contributed by atoms with Gasteiger partial charge in [-0.25, -0.2) is 12.4 Å². The van der Waals surface area contributed by atoms with Crippen LogP contribution in [-0.4, -0.2) is 12.4 Å². The van der Waals surface area contributed by atoms with Crippen molar-refractivity contribution in [3.05, 3.63) is 63.7 Å². The molecule has 0 atom stereocenters. The highest BCUT2D eigenvalue weighted by molar-refractivity contribution is 9.10. The molecule has 0 saturated heterocycles. The second kappa shape index (κ2) is 5.16. The van der Waals surface area contributed by atoms with Gasteiger partial charge in [0.25, 0.3) is 10.0 Å². The van der Waals surface area contributed by atoms with E-state index in [0.29, 0.717) is 16.2 Å². The maximum atomic E-state index is 12.8. The number of fused-ring (bicyclic) bond motifs is 1. The highest BCUT2D eigenvalue weighted by Gasteiger charge is 2.21. The summed E-state index contributed by atoms with van der Waals surface area (Å²) in [4.78, 5) is 0.218. The molecular weight excluding hydrogens is 374 g/mol. The molecule has 6 heteroatoms. The molecule has 3 rings (SSSR count). The van der Waals surface area contributed by atoms with Crippen molar-refractivity contribution in [2.75, 3.05) is 0 Å². The zero-order valence-corrected chi connectivity index (χ0v) is 14.2. The van der Waals surface area contributed by atoms with Gasteiger partial charge in [0.05, 0.1) is 10.4 Å². The minimum atomic E-state index is -3.64. The third-order valence-electron chi connectivity index (χ3n) is 3.24. The van der Waals surface area contributed by atoms with Crippen LogP contribution in [0, 0.1) is 6.92 Å². The van der Waals surface area contributed by atoms with Crippen LogP contribution >= 0.6 is 27.5 Å². The predicted octanol–water partition coefficient (Wildman–Crippen LogP) is 4.60. The molecule has 0 radical (unpaired) electrons. The summed E-state index contributed by atoms with van der Waals surface area (Å²) in [5.41, 5.74) is 1.32. The Bertz CT molecular complexity index is 930. The molecule has 1 aromatic heterocycles. The summed E-state index contributed by atoms with van der Waals surface area (Å²) >= 11 is 9.22. The molecule has 0 N–H and O–H groups in total. The standard InChI is InChI=1S/C15H11BrClNO2S/c1-10-8-11-9-12(16)2-7-15(11)18(10)21(19,20)14-5-3-13(17)4-6-14/h2-9H,1H3. The lowest BCUT2D eigenvalue weighted by Crippen LogP contribution is -2.14. The molecule has 0 unspecified atom stereocenters. The number of halogens is 2. The summed E-state index contributed by atoms with van der Waals surface area (Å²) in [6, 6.07) is 13.6. The molecule has 108 valence electrons. The first kappa shape index (κ1) is 14.6. The normalized spacial score (nSPS) is 12.0. The minimum Gasteiger partial charge on any atom is -0.238 e. The number of aryl methyl sites for hydroxylation is 1. The fourth-order valence-corrected chi connectivity index (χ4v) is 4.38. The van der Waals surface area contributed by atoms with E-state index in [9.17, 15) is 8.42 Å². The van der Waals surface area contributed by atoms with Crippen molar-refractivity contribution >= 4 is 48.5 Å². The molecule has 3 nitrogen and oxygen atoms in total. The molecule has 0 amide bonds. The number of benzene rings is 2. The Morgan fingerprint density at radius 2 is 1.71 bits per heavy atom. The van der Waals surface area contributed by atoms with Crippen LogP contribution in [0.1, 0.15) is 5.69 Å². The molecule has 0 aliphatic heterocycles. The average Bonchev–Trinajstić information content (AvgIpc) is 2.74. The SMILES string of the molecule is Cc1cc2cc(Br)ccc2n1S(=O)(=O)c1ccc(Cl)cc1. The van der Waals surface area contributed by atoms with E-state index in [4.69, 9.17) is 11.6 Å². The number of hydrogen-bond donors (Lipinski definition) is 0. The van der Waals surface area contributed by atoms with Crippen molar-refractivity contribution in [2.24, 2.45) is 0 Å². The van der Waals surface area contributed by atoms with E-state index in [2.05, 4.69) is 15.9 Å². The first-order chi connectivity index (χ1) is 9.89. The van der Waals surface area contributed by atoms with Crippen LogP contribution in [0.2, 0.25) is 5.02 Å². The van der Waals surface area contributed by atoms with E-state index < -0.39 is 10.0 Å². The van der Waals surface area contributed by atoms with Crippen molar-refractivity contribution < 1.29 is 8.42 Å². The van der Waals surface area contributed by atoms with Gasteiger partial charge in [0, 0.05) is 20.6 Å². The minimum absolute atomic E-state index is 0.218. The molecular formula is C15H11BrClNO2S. The number of hydrogen-bond acceptors (Lipinski definition) is 2. The summed E-state index contributed by atoms with van der Waals surface area (Å²) in [5, 5.41) is 1.38. The Kier molecular flexibility index (Phi) is 3.59. The Balaban J connectivity index is 2.28. The van der Waals surface area contributed by atoms with E-state index in [1.165, 1.54) is 16.1 Å². The summed E-state index contributed by atoms with van der Waals surface area (Å²) in [7, 11) is -3.64. The van der Waals surface area contributed by atoms with Gasteiger partial charge in [0.2, 0.25) is 0 Å². The third kappa shape index (κ3) is 2.50. The van der Waals surface area contributed by atoms with E-state index >= 15 is 0 Å². The van der Waals surface area contributed by atoms with Gasteiger partial charge in [-0.3, -0.25) is 0 Å². The van der Waals surface area contributed by atoms with Crippen molar-refractivity contribution in [1.29, 1.82) is 0 Å². The molecule has 0 spiro atoms. The van der Waals surface area contributed by atoms with Crippen molar-refractivity contribution in [2.45, 2.75) is 11.8 Å². The number of rotatable bonds is 2. The maximum absolute atomic E-state index is 12.8. The maximum Gasteiger partial charge on any atom is 0.268 e. The van der Waals surface area contributed by atoms with E-state index in [1.54, 1.807) is 25.1 Å². The van der Waals surface area contributed by atoms with E-state index in [0.717, 1.165) is 9.86 Å². The molecule has 2 aromatic carbocycles. The monoisotopic (exact) mass is 383 g/mol. The van der Waals surface area contributed by atoms with Crippen molar-refractivity contribution in [3.8, 4) is 0 Å². The number of nitrogens with zero attached hydrogens (tertiary/aromatic N) is 1. The topological polar surface area (TPSA) is 39.1 Å². The first-order valence-electron chi connectivity index (χ1n) is 6.18. The second-order valence-electron chi connectivity index (χ2n) is 4.71. The summed E-state index contributed by atoms with van der Waals surface area (Å²) in [6.07, 6.45) is 0. The van der Waals surface area contributed by atoms with Crippen LogP contribution in [0.4, 0.5) is 0 Å². The number of aromatic nitrogens is 1. The quantitative estimate of drug-likeness (QED) is 0.647. The first-order valence-corrected chi connectivity index (χ1v) is 8.79. The molecule has 3 aromatic rings. The molecule has 0 saturated carbocycles. The second-order valence-corrected chi connectivity index (χ2v) is 7.85. The van der Waals surface area contributed by atoms with Crippen molar-refractivity contribution in [3.63, 3.8) is 0 Å². The Morgan fingerprint density at radius 3 is 2.38 bits per heavy atom. The Labute approximate surface area is 136 Å². The molecule has 0 aliphatic rings.